The highest BCUT2D eigenvalue weighted by atomic mass is 16.5. The molecule has 2 aliphatic heterocycles. The van der Waals surface area contributed by atoms with Crippen LogP contribution in [0.3, 0.4) is 0 Å². The van der Waals surface area contributed by atoms with Gasteiger partial charge < -0.3 is 14.6 Å². The van der Waals surface area contributed by atoms with Crippen LogP contribution in [0.1, 0.15) is 95.6 Å². The summed E-state index contributed by atoms with van der Waals surface area (Å²) < 4.78 is 13.1. The van der Waals surface area contributed by atoms with E-state index in [0.29, 0.717) is 18.8 Å². The van der Waals surface area contributed by atoms with Crippen LogP contribution in [0.2, 0.25) is 0 Å². The maximum Gasteiger partial charge on any atom is 0.309 e. The van der Waals surface area contributed by atoms with E-state index in [-0.39, 0.29) is 23.5 Å². The Bertz CT molecular complexity index is 1030. The molecule has 2 heterocycles. The number of carbonyl (C=O) groups is 1. The summed E-state index contributed by atoms with van der Waals surface area (Å²) >= 11 is 0. The highest BCUT2D eigenvalue weighted by Crippen LogP contribution is 2.52. The monoisotopic (exact) mass is 464 g/mol. The Morgan fingerprint density at radius 3 is 2.38 bits per heavy atom. The second-order valence-electron chi connectivity index (χ2n) is 12.0. The minimum absolute atomic E-state index is 0.00849. The fourth-order valence-corrected chi connectivity index (χ4v) is 5.48. The third-order valence-electron chi connectivity index (χ3n) is 7.77. The lowest BCUT2D eigenvalue weighted by molar-refractivity contribution is -0.188. The predicted molar refractivity (Wildman–Crippen MR) is 136 cm³/mol. The molecule has 4 heteroatoms. The van der Waals surface area contributed by atoms with Crippen LogP contribution >= 0.6 is 0 Å². The standard InChI is InChI=1S/C30H40O4/c1-18(2)20-11-15-26-22(16-20)27-24(30(6,7)34-26)17-23(28(31)32)25(33-27)14-10-19-8-12-21(13-9-19)29(3,4)5/h8-9,11-13,15-16,18,23-25,27H,10,14,17H2,1-7H3,(H,31,32)/t23-,24+,25+,27-/m1/s1. The van der Waals surface area contributed by atoms with Crippen molar-refractivity contribution in [2.24, 2.45) is 11.8 Å². The first-order valence-electron chi connectivity index (χ1n) is 12.7. The molecule has 0 aromatic heterocycles. The molecule has 0 saturated carbocycles. The lowest BCUT2D eigenvalue weighted by atomic mass is 9.71. The van der Waals surface area contributed by atoms with Gasteiger partial charge in [0, 0.05) is 11.5 Å². The van der Waals surface area contributed by atoms with E-state index in [1.165, 1.54) is 16.7 Å². The third-order valence-corrected chi connectivity index (χ3v) is 7.77. The molecule has 2 aliphatic rings. The first kappa shape index (κ1) is 24.8. The van der Waals surface area contributed by atoms with Crippen LogP contribution in [-0.4, -0.2) is 22.8 Å². The molecule has 1 saturated heterocycles. The summed E-state index contributed by atoms with van der Waals surface area (Å²) in [5, 5.41) is 10.1. The van der Waals surface area contributed by atoms with Gasteiger partial charge in [0.25, 0.3) is 0 Å². The zero-order valence-electron chi connectivity index (χ0n) is 21.7. The van der Waals surface area contributed by atoms with Gasteiger partial charge in [-0.3, -0.25) is 4.79 Å². The van der Waals surface area contributed by atoms with E-state index >= 15 is 0 Å². The molecule has 0 spiro atoms. The number of rotatable bonds is 5. The topological polar surface area (TPSA) is 55.8 Å². The van der Waals surface area contributed by atoms with Crippen molar-refractivity contribution < 1.29 is 19.4 Å². The summed E-state index contributed by atoms with van der Waals surface area (Å²) in [7, 11) is 0. The maximum absolute atomic E-state index is 12.3. The van der Waals surface area contributed by atoms with Gasteiger partial charge in [0.05, 0.1) is 18.1 Å². The van der Waals surface area contributed by atoms with Crippen LogP contribution in [0.25, 0.3) is 0 Å². The van der Waals surface area contributed by atoms with E-state index < -0.39 is 17.5 Å². The molecule has 0 unspecified atom stereocenters. The largest absolute Gasteiger partial charge is 0.487 e. The van der Waals surface area contributed by atoms with Gasteiger partial charge in [-0.1, -0.05) is 65.0 Å². The number of hydrogen-bond donors (Lipinski definition) is 1. The molecular weight excluding hydrogens is 424 g/mol. The lowest BCUT2D eigenvalue weighted by Gasteiger charge is -2.50. The van der Waals surface area contributed by atoms with Crippen LogP contribution in [0.5, 0.6) is 5.75 Å². The number of aryl methyl sites for hydroxylation is 1. The molecule has 0 aliphatic carbocycles. The van der Waals surface area contributed by atoms with Crippen molar-refractivity contribution in [3.8, 4) is 5.75 Å². The van der Waals surface area contributed by atoms with Crippen LogP contribution in [0.15, 0.2) is 42.5 Å². The van der Waals surface area contributed by atoms with Crippen molar-refractivity contribution in [3.05, 3.63) is 64.7 Å². The fraction of sp³-hybridized carbons (Fsp3) is 0.567. The summed E-state index contributed by atoms with van der Waals surface area (Å²) in [6, 6.07) is 15.1. The maximum atomic E-state index is 12.3. The van der Waals surface area contributed by atoms with Crippen molar-refractivity contribution in [1.82, 2.24) is 0 Å². The molecular formula is C30H40O4. The molecule has 1 fully saturated rings. The summed E-state index contributed by atoms with van der Waals surface area (Å²) in [6.45, 7) is 15.1. The molecule has 1 N–H and O–H groups in total. The highest BCUT2D eigenvalue weighted by molar-refractivity contribution is 5.71. The summed E-state index contributed by atoms with van der Waals surface area (Å²) in [6.07, 6.45) is 1.57. The molecule has 2 aromatic carbocycles. The van der Waals surface area contributed by atoms with Gasteiger partial charge >= 0.3 is 5.97 Å². The van der Waals surface area contributed by atoms with Crippen molar-refractivity contribution in [2.75, 3.05) is 0 Å². The minimum atomic E-state index is -0.774. The zero-order valence-corrected chi connectivity index (χ0v) is 21.7. The Balaban J connectivity index is 1.59. The molecule has 34 heavy (non-hydrogen) atoms. The highest BCUT2D eigenvalue weighted by Gasteiger charge is 2.52. The summed E-state index contributed by atoms with van der Waals surface area (Å²) in [4.78, 5) is 12.3. The summed E-state index contributed by atoms with van der Waals surface area (Å²) in [5.41, 5.74) is 4.47. The van der Waals surface area contributed by atoms with Crippen molar-refractivity contribution in [3.63, 3.8) is 0 Å². The van der Waals surface area contributed by atoms with Crippen molar-refractivity contribution in [2.45, 2.75) is 96.9 Å². The average molecular weight is 465 g/mol. The lowest BCUT2D eigenvalue weighted by Crippen LogP contribution is -2.52. The molecule has 184 valence electrons. The molecule has 0 radical (unpaired) electrons. The van der Waals surface area contributed by atoms with Gasteiger partial charge in [-0.25, -0.2) is 0 Å². The number of hydrogen-bond acceptors (Lipinski definition) is 3. The number of ether oxygens (including phenoxy) is 2. The number of carboxylic acids is 1. The average Bonchev–Trinajstić information content (AvgIpc) is 2.76. The molecule has 4 nitrogen and oxygen atoms in total. The Morgan fingerprint density at radius 1 is 1.12 bits per heavy atom. The third kappa shape index (κ3) is 4.88. The second kappa shape index (κ2) is 9.03. The zero-order chi connectivity index (χ0) is 24.8. The Labute approximate surface area is 204 Å². The quantitative estimate of drug-likeness (QED) is 0.515. The van der Waals surface area contributed by atoms with Crippen LogP contribution in [-0.2, 0) is 21.4 Å². The smallest absolute Gasteiger partial charge is 0.309 e. The molecule has 0 amide bonds. The van der Waals surface area contributed by atoms with E-state index in [2.05, 4.69) is 90.9 Å². The number of fused-ring (bicyclic) bond motifs is 3. The number of benzene rings is 2. The van der Waals surface area contributed by atoms with E-state index in [1.54, 1.807) is 0 Å². The SMILES string of the molecule is CC(C)c1ccc2c(c1)[C@H]1O[C@@H](CCc3ccc(C(C)(C)C)cc3)[C@H](C(=O)O)C[C@@H]1C(C)(C)O2. The van der Waals surface area contributed by atoms with Gasteiger partial charge in [0.1, 0.15) is 11.4 Å². The number of carboxylic acid groups (broad SMARTS) is 1. The van der Waals surface area contributed by atoms with Gasteiger partial charge in [0.2, 0.25) is 0 Å². The second-order valence-corrected chi connectivity index (χ2v) is 12.0. The first-order valence-corrected chi connectivity index (χ1v) is 12.7. The van der Waals surface area contributed by atoms with E-state index in [4.69, 9.17) is 9.47 Å². The Kier molecular flexibility index (Phi) is 6.58. The Morgan fingerprint density at radius 2 is 1.79 bits per heavy atom. The van der Waals surface area contributed by atoms with Gasteiger partial charge in [-0.15, -0.1) is 0 Å². The van der Waals surface area contributed by atoms with E-state index in [0.717, 1.165) is 17.7 Å². The molecule has 4 atom stereocenters. The minimum Gasteiger partial charge on any atom is -0.487 e. The fourth-order valence-electron chi connectivity index (χ4n) is 5.48. The van der Waals surface area contributed by atoms with Crippen molar-refractivity contribution in [1.29, 1.82) is 0 Å². The van der Waals surface area contributed by atoms with Crippen LogP contribution in [0, 0.1) is 11.8 Å². The predicted octanol–water partition coefficient (Wildman–Crippen LogP) is 7.06. The number of aliphatic carboxylic acids is 1. The van der Waals surface area contributed by atoms with Crippen LogP contribution in [0.4, 0.5) is 0 Å². The van der Waals surface area contributed by atoms with E-state index in [1.807, 2.05) is 0 Å². The van der Waals surface area contributed by atoms with Gasteiger partial charge in [-0.2, -0.15) is 0 Å². The molecule has 2 aromatic rings. The van der Waals surface area contributed by atoms with Crippen molar-refractivity contribution >= 4 is 5.97 Å². The van der Waals surface area contributed by atoms with E-state index in [9.17, 15) is 9.90 Å². The summed E-state index contributed by atoms with van der Waals surface area (Å²) in [5.74, 6) is -0.0513. The first-order chi connectivity index (χ1) is 15.9. The molecule has 4 rings (SSSR count). The van der Waals surface area contributed by atoms with Crippen LogP contribution < -0.4 is 4.74 Å². The van der Waals surface area contributed by atoms with Gasteiger partial charge in [0.15, 0.2) is 0 Å². The Hall–Kier alpha value is -2.33. The molecule has 0 bridgehead atoms. The normalized spacial score (nSPS) is 25.9. The van der Waals surface area contributed by atoms with Gasteiger partial charge in [-0.05, 0) is 73.3 Å².